The van der Waals surface area contributed by atoms with Gasteiger partial charge in [0.15, 0.2) is 23.3 Å². The zero-order chi connectivity index (χ0) is 18.9. The number of aryl methyl sites for hydroxylation is 1. The molecular weight excluding hydrogens is 341 g/mol. The van der Waals surface area contributed by atoms with E-state index >= 15 is 0 Å². The highest BCUT2D eigenvalue weighted by Gasteiger charge is 2.27. The van der Waals surface area contributed by atoms with E-state index in [1.165, 1.54) is 0 Å². The van der Waals surface area contributed by atoms with Crippen molar-refractivity contribution in [3.63, 3.8) is 0 Å². The number of halogens is 5. The van der Waals surface area contributed by atoms with Gasteiger partial charge in [-0.1, -0.05) is 32.0 Å². The SMILES string of the molecule is Cc1cccc(C(C)C)c1NC(=O)Cc1c(F)c(F)c(F)c(F)c1F. The highest BCUT2D eigenvalue weighted by Crippen LogP contribution is 2.28. The Bertz CT molecular complexity index is 804. The number of para-hydroxylation sites is 1. The number of anilines is 1. The van der Waals surface area contributed by atoms with Crippen molar-refractivity contribution in [1.82, 2.24) is 0 Å². The lowest BCUT2D eigenvalue weighted by atomic mass is 9.98. The first-order chi connectivity index (χ1) is 11.6. The molecule has 0 unspecified atom stereocenters. The van der Waals surface area contributed by atoms with Gasteiger partial charge in [0.1, 0.15) is 0 Å². The summed E-state index contributed by atoms with van der Waals surface area (Å²) in [6.07, 6.45) is -0.975. The van der Waals surface area contributed by atoms with E-state index in [0.717, 1.165) is 11.1 Å². The maximum absolute atomic E-state index is 13.7. The standard InChI is InChI=1S/C18H16F5NO/c1-8(2)10-6-4-5-9(3)18(10)24-12(25)7-11-13(19)15(21)17(23)16(22)14(11)20/h4-6,8H,7H2,1-3H3,(H,24,25). The molecule has 0 spiro atoms. The van der Waals surface area contributed by atoms with Gasteiger partial charge in [-0.05, 0) is 24.0 Å². The molecule has 0 aliphatic heterocycles. The summed E-state index contributed by atoms with van der Waals surface area (Å²) in [5, 5.41) is 2.51. The minimum Gasteiger partial charge on any atom is -0.325 e. The number of carbonyl (C=O) groups is 1. The van der Waals surface area contributed by atoms with Crippen LogP contribution in [0.15, 0.2) is 18.2 Å². The Labute approximate surface area is 141 Å². The van der Waals surface area contributed by atoms with E-state index in [1.807, 2.05) is 13.8 Å². The molecule has 0 aliphatic rings. The zero-order valence-electron chi connectivity index (χ0n) is 13.8. The minimum atomic E-state index is -2.25. The molecule has 2 aromatic carbocycles. The van der Waals surface area contributed by atoms with Crippen LogP contribution in [0.2, 0.25) is 0 Å². The van der Waals surface area contributed by atoms with Gasteiger partial charge >= 0.3 is 0 Å². The number of carbonyl (C=O) groups excluding carboxylic acids is 1. The highest BCUT2D eigenvalue weighted by molar-refractivity contribution is 5.94. The molecule has 0 bridgehead atoms. The largest absolute Gasteiger partial charge is 0.325 e. The van der Waals surface area contributed by atoms with E-state index in [9.17, 15) is 26.7 Å². The minimum absolute atomic E-state index is 0.0596. The topological polar surface area (TPSA) is 29.1 Å². The third kappa shape index (κ3) is 3.65. The smallest absolute Gasteiger partial charge is 0.229 e. The first-order valence-corrected chi connectivity index (χ1v) is 7.54. The molecule has 0 radical (unpaired) electrons. The summed E-state index contributed by atoms with van der Waals surface area (Å²) < 4.78 is 66.9. The monoisotopic (exact) mass is 357 g/mol. The van der Waals surface area contributed by atoms with Crippen LogP contribution in [-0.2, 0) is 11.2 Å². The van der Waals surface area contributed by atoms with Crippen LogP contribution in [0.4, 0.5) is 27.6 Å². The maximum Gasteiger partial charge on any atom is 0.229 e. The molecule has 7 heteroatoms. The van der Waals surface area contributed by atoms with Crippen molar-refractivity contribution in [3.05, 3.63) is 64.0 Å². The van der Waals surface area contributed by atoms with Crippen LogP contribution in [0.5, 0.6) is 0 Å². The van der Waals surface area contributed by atoms with Crippen molar-refractivity contribution >= 4 is 11.6 Å². The fraction of sp³-hybridized carbons (Fsp3) is 0.278. The Morgan fingerprint density at radius 1 is 0.960 bits per heavy atom. The molecule has 1 amide bonds. The Hall–Kier alpha value is -2.44. The van der Waals surface area contributed by atoms with E-state index in [2.05, 4.69) is 5.32 Å². The van der Waals surface area contributed by atoms with Gasteiger partial charge in [0.25, 0.3) is 0 Å². The molecule has 0 atom stereocenters. The van der Waals surface area contributed by atoms with Crippen molar-refractivity contribution in [1.29, 1.82) is 0 Å². The molecule has 2 rings (SSSR count). The number of hydrogen-bond acceptors (Lipinski definition) is 1. The number of hydrogen-bond donors (Lipinski definition) is 1. The second kappa shape index (κ2) is 7.21. The molecule has 0 aromatic heterocycles. The van der Waals surface area contributed by atoms with Crippen molar-refractivity contribution < 1.29 is 26.7 Å². The molecule has 2 nitrogen and oxygen atoms in total. The van der Waals surface area contributed by atoms with Crippen LogP contribution < -0.4 is 5.32 Å². The molecule has 134 valence electrons. The fourth-order valence-corrected chi connectivity index (χ4v) is 2.49. The molecule has 25 heavy (non-hydrogen) atoms. The van der Waals surface area contributed by atoms with Gasteiger partial charge in [0.05, 0.1) is 6.42 Å². The maximum atomic E-state index is 13.7. The number of amides is 1. The Kier molecular flexibility index (Phi) is 5.45. The molecular formula is C18H16F5NO. The lowest BCUT2D eigenvalue weighted by molar-refractivity contribution is -0.115. The lowest BCUT2D eigenvalue weighted by Gasteiger charge is -2.17. The van der Waals surface area contributed by atoms with E-state index in [4.69, 9.17) is 0 Å². The third-order valence-corrected chi connectivity index (χ3v) is 3.83. The summed E-state index contributed by atoms with van der Waals surface area (Å²) >= 11 is 0. The van der Waals surface area contributed by atoms with Crippen molar-refractivity contribution in [2.75, 3.05) is 5.32 Å². The van der Waals surface area contributed by atoms with Crippen LogP contribution in [-0.4, -0.2) is 5.91 Å². The molecule has 0 heterocycles. The van der Waals surface area contributed by atoms with Crippen molar-refractivity contribution in [2.24, 2.45) is 0 Å². The van der Waals surface area contributed by atoms with E-state index in [0.29, 0.717) is 5.69 Å². The summed E-state index contributed by atoms with van der Waals surface area (Å²) in [7, 11) is 0. The summed E-state index contributed by atoms with van der Waals surface area (Å²) in [5.74, 6) is -11.2. The van der Waals surface area contributed by atoms with Gasteiger partial charge in [0.2, 0.25) is 11.7 Å². The van der Waals surface area contributed by atoms with Crippen molar-refractivity contribution in [3.8, 4) is 0 Å². The van der Waals surface area contributed by atoms with Gasteiger partial charge in [0, 0.05) is 11.3 Å². The van der Waals surface area contributed by atoms with E-state index in [1.54, 1.807) is 25.1 Å². The van der Waals surface area contributed by atoms with Crippen LogP contribution in [0, 0.1) is 36.0 Å². The van der Waals surface area contributed by atoms with E-state index in [-0.39, 0.29) is 5.92 Å². The average molecular weight is 357 g/mol. The van der Waals surface area contributed by atoms with Gasteiger partial charge < -0.3 is 5.32 Å². The van der Waals surface area contributed by atoms with Crippen molar-refractivity contribution in [2.45, 2.75) is 33.1 Å². The predicted molar refractivity (Wildman–Crippen MR) is 83.8 cm³/mol. The highest BCUT2D eigenvalue weighted by atomic mass is 19.2. The van der Waals surface area contributed by atoms with Crippen LogP contribution in [0.1, 0.15) is 36.5 Å². The van der Waals surface area contributed by atoms with Crippen LogP contribution in [0.3, 0.4) is 0 Å². The Morgan fingerprint density at radius 3 is 2.00 bits per heavy atom. The number of rotatable bonds is 4. The summed E-state index contributed by atoms with van der Waals surface area (Å²) in [6, 6.07) is 5.32. The summed E-state index contributed by atoms with van der Waals surface area (Å²) in [4.78, 5) is 12.1. The van der Waals surface area contributed by atoms with E-state index < -0.39 is 47.0 Å². The number of benzene rings is 2. The quantitative estimate of drug-likeness (QED) is 0.466. The molecule has 2 aromatic rings. The molecule has 0 aliphatic carbocycles. The Balaban J connectivity index is 2.35. The lowest BCUT2D eigenvalue weighted by Crippen LogP contribution is -2.20. The number of nitrogens with one attached hydrogen (secondary N) is 1. The Morgan fingerprint density at radius 2 is 1.48 bits per heavy atom. The van der Waals surface area contributed by atoms with Gasteiger partial charge in [-0.2, -0.15) is 0 Å². The summed E-state index contributed by atoms with van der Waals surface area (Å²) in [5.41, 5.74) is 0.822. The molecule has 0 saturated carbocycles. The summed E-state index contributed by atoms with van der Waals surface area (Å²) in [6.45, 7) is 5.53. The zero-order valence-corrected chi connectivity index (χ0v) is 13.8. The average Bonchev–Trinajstić information content (AvgIpc) is 2.56. The third-order valence-electron chi connectivity index (χ3n) is 3.83. The predicted octanol–water partition coefficient (Wildman–Crippen LogP) is 5.00. The van der Waals surface area contributed by atoms with Gasteiger partial charge in [-0.15, -0.1) is 0 Å². The van der Waals surface area contributed by atoms with Gasteiger partial charge in [-0.25, -0.2) is 22.0 Å². The molecule has 1 N–H and O–H groups in total. The molecule has 0 fully saturated rings. The molecule has 0 saturated heterocycles. The first-order valence-electron chi connectivity index (χ1n) is 7.54. The normalized spacial score (nSPS) is 11.1. The van der Waals surface area contributed by atoms with Crippen LogP contribution >= 0.6 is 0 Å². The van der Waals surface area contributed by atoms with Gasteiger partial charge in [-0.3, -0.25) is 4.79 Å². The fourth-order valence-electron chi connectivity index (χ4n) is 2.49. The second-order valence-electron chi connectivity index (χ2n) is 5.97. The van der Waals surface area contributed by atoms with Crippen LogP contribution in [0.25, 0.3) is 0 Å². The second-order valence-corrected chi connectivity index (χ2v) is 5.97. The first kappa shape index (κ1) is 18.9.